The van der Waals surface area contributed by atoms with Gasteiger partial charge in [0.2, 0.25) is 5.91 Å². The number of hydrogen-bond acceptors (Lipinski definition) is 2. The molecule has 0 spiro atoms. The highest BCUT2D eigenvalue weighted by molar-refractivity contribution is 6.00. The number of urea groups is 1. The van der Waals surface area contributed by atoms with Crippen LogP contribution in [0, 0.1) is 29.3 Å². The highest BCUT2D eigenvalue weighted by Gasteiger charge is 2.50. The molecular formula is C22H18F3N3O2. The van der Waals surface area contributed by atoms with Crippen LogP contribution in [0.4, 0.5) is 23.7 Å². The second-order valence-electron chi connectivity index (χ2n) is 7.38. The number of piperazine rings is 1. The first-order chi connectivity index (χ1) is 14.3. The first-order valence-corrected chi connectivity index (χ1v) is 9.44. The van der Waals surface area contributed by atoms with Gasteiger partial charge in [-0.25, -0.2) is 18.0 Å². The lowest BCUT2D eigenvalue weighted by molar-refractivity contribution is -0.134. The predicted octanol–water partition coefficient (Wildman–Crippen LogP) is 3.02. The monoisotopic (exact) mass is 413 g/mol. The molecule has 2 aromatic rings. The molecule has 2 aliphatic heterocycles. The molecule has 0 aliphatic carbocycles. The number of anilines is 1. The van der Waals surface area contributed by atoms with Gasteiger partial charge in [-0.1, -0.05) is 24.0 Å². The van der Waals surface area contributed by atoms with E-state index in [1.54, 1.807) is 13.0 Å². The molecule has 2 heterocycles. The maximum absolute atomic E-state index is 14.8. The lowest BCUT2D eigenvalue weighted by Gasteiger charge is -2.49. The maximum Gasteiger partial charge on any atom is 0.325 e. The molecule has 0 radical (unpaired) electrons. The average molecular weight is 413 g/mol. The Morgan fingerprint density at radius 3 is 2.40 bits per heavy atom. The zero-order valence-electron chi connectivity index (χ0n) is 16.1. The minimum Gasteiger partial charge on any atom is -0.352 e. The number of carbonyl (C=O) groups excluding carboxylic acids is 2. The van der Waals surface area contributed by atoms with Crippen LogP contribution in [0.3, 0.4) is 0 Å². The standard InChI is InChI=1S/C22H18F3N3O2/c1-22-8-10-27(21(30)28(22)11-9-26-20(22)29)19-17(24)12-14(13-18(19)25)6-7-15-4-2-3-5-16(15)23/h2-5,12-13H,8-11H2,1H3,(H,26,29). The fourth-order valence-corrected chi connectivity index (χ4v) is 3.77. The van der Waals surface area contributed by atoms with Gasteiger partial charge in [-0.15, -0.1) is 0 Å². The summed E-state index contributed by atoms with van der Waals surface area (Å²) in [6, 6.07) is 7.22. The highest BCUT2D eigenvalue weighted by Crippen LogP contribution is 2.34. The number of benzene rings is 2. The van der Waals surface area contributed by atoms with Crippen LogP contribution >= 0.6 is 0 Å². The van der Waals surface area contributed by atoms with Crippen LogP contribution in [0.5, 0.6) is 0 Å². The van der Waals surface area contributed by atoms with E-state index in [9.17, 15) is 22.8 Å². The van der Waals surface area contributed by atoms with E-state index in [1.807, 2.05) is 0 Å². The van der Waals surface area contributed by atoms with Crippen LogP contribution in [0.15, 0.2) is 36.4 Å². The summed E-state index contributed by atoms with van der Waals surface area (Å²) in [4.78, 5) is 27.5. The van der Waals surface area contributed by atoms with E-state index in [4.69, 9.17) is 0 Å². The van der Waals surface area contributed by atoms with Crippen LogP contribution in [0.2, 0.25) is 0 Å². The molecular weight excluding hydrogens is 395 g/mol. The number of halogens is 3. The first-order valence-electron chi connectivity index (χ1n) is 9.44. The molecule has 1 N–H and O–H groups in total. The zero-order valence-corrected chi connectivity index (χ0v) is 16.1. The third-order valence-corrected chi connectivity index (χ3v) is 5.49. The topological polar surface area (TPSA) is 52.7 Å². The molecule has 4 rings (SSSR count). The molecule has 1 atom stereocenters. The molecule has 2 aromatic carbocycles. The lowest BCUT2D eigenvalue weighted by atomic mass is 9.89. The van der Waals surface area contributed by atoms with E-state index in [-0.39, 0.29) is 43.1 Å². The average Bonchev–Trinajstić information content (AvgIpc) is 2.70. The fourth-order valence-electron chi connectivity index (χ4n) is 3.77. The summed E-state index contributed by atoms with van der Waals surface area (Å²) in [5.41, 5.74) is -1.39. The molecule has 3 amide bonds. The molecule has 30 heavy (non-hydrogen) atoms. The Morgan fingerprint density at radius 2 is 1.70 bits per heavy atom. The number of nitrogens with zero attached hydrogens (tertiary/aromatic N) is 2. The Labute approximate surface area is 171 Å². The maximum atomic E-state index is 14.8. The molecule has 0 bridgehead atoms. The summed E-state index contributed by atoms with van der Waals surface area (Å²) in [5, 5.41) is 2.72. The van der Waals surface area contributed by atoms with Gasteiger partial charge in [0, 0.05) is 25.2 Å². The number of amides is 3. The molecule has 0 aromatic heterocycles. The Kier molecular flexibility index (Phi) is 4.90. The van der Waals surface area contributed by atoms with E-state index in [1.165, 1.54) is 23.1 Å². The summed E-state index contributed by atoms with van der Waals surface area (Å²) in [6.45, 7) is 2.18. The van der Waals surface area contributed by atoms with Gasteiger partial charge in [0.1, 0.15) is 17.0 Å². The van der Waals surface area contributed by atoms with Crippen LogP contribution in [0.25, 0.3) is 0 Å². The molecule has 154 valence electrons. The Bertz CT molecular complexity index is 1090. The number of rotatable bonds is 1. The summed E-state index contributed by atoms with van der Waals surface area (Å²) < 4.78 is 43.3. The number of hydrogen-bond donors (Lipinski definition) is 1. The van der Waals surface area contributed by atoms with Crippen molar-refractivity contribution in [2.45, 2.75) is 18.9 Å². The Morgan fingerprint density at radius 1 is 1.00 bits per heavy atom. The van der Waals surface area contributed by atoms with Gasteiger partial charge in [0.25, 0.3) is 0 Å². The predicted molar refractivity (Wildman–Crippen MR) is 104 cm³/mol. The molecule has 2 aliphatic rings. The smallest absolute Gasteiger partial charge is 0.325 e. The van der Waals surface area contributed by atoms with Crippen LogP contribution in [0.1, 0.15) is 24.5 Å². The summed E-state index contributed by atoms with van der Waals surface area (Å²) in [6.07, 6.45) is 0.234. The minimum absolute atomic E-state index is 0.00660. The first kappa shape index (κ1) is 19.8. The van der Waals surface area contributed by atoms with Crippen molar-refractivity contribution in [1.29, 1.82) is 0 Å². The van der Waals surface area contributed by atoms with Gasteiger partial charge < -0.3 is 10.2 Å². The number of carbonyl (C=O) groups is 2. The lowest BCUT2D eigenvalue weighted by Crippen LogP contribution is -2.70. The van der Waals surface area contributed by atoms with Crippen LogP contribution in [-0.4, -0.2) is 42.0 Å². The van der Waals surface area contributed by atoms with E-state index in [0.717, 1.165) is 17.0 Å². The van der Waals surface area contributed by atoms with Crippen molar-refractivity contribution in [2.24, 2.45) is 0 Å². The van der Waals surface area contributed by atoms with Crippen molar-refractivity contribution >= 4 is 17.6 Å². The second kappa shape index (κ2) is 7.41. The van der Waals surface area contributed by atoms with Crippen molar-refractivity contribution in [2.75, 3.05) is 24.5 Å². The van der Waals surface area contributed by atoms with Gasteiger partial charge in [-0.3, -0.25) is 9.69 Å². The fraction of sp³-hybridized carbons (Fsp3) is 0.273. The summed E-state index contributed by atoms with van der Waals surface area (Å²) >= 11 is 0. The van der Waals surface area contributed by atoms with Crippen molar-refractivity contribution in [3.63, 3.8) is 0 Å². The molecule has 2 saturated heterocycles. The zero-order chi connectivity index (χ0) is 21.5. The Hall–Kier alpha value is -3.47. The van der Waals surface area contributed by atoms with Gasteiger partial charge in [0.15, 0.2) is 11.6 Å². The van der Waals surface area contributed by atoms with E-state index in [2.05, 4.69) is 17.2 Å². The minimum atomic E-state index is -1.04. The van der Waals surface area contributed by atoms with E-state index in [0.29, 0.717) is 0 Å². The summed E-state index contributed by atoms with van der Waals surface area (Å²) in [7, 11) is 0. The van der Waals surface area contributed by atoms with Crippen molar-refractivity contribution in [3.8, 4) is 11.8 Å². The third-order valence-electron chi connectivity index (χ3n) is 5.49. The highest BCUT2D eigenvalue weighted by atomic mass is 19.1. The van der Waals surface area contributed by atoms with Crippen molar-refractivity contribution in [3.05, 3.63) is 65.0 Å². The Balaban J connectivity index is 1.64. The van der Waals surface area contributed by atoms with Crippen molar-refractivity contribution < 1.29 is 22.8 Å². The summed E-state index contributed by atoms with van der Waals surface area (Å²) in [5.74, 6) is 2.38. The quantitative estimate of drug-likeness (QED) is 0.731. The van der Waals surface area contributed by atoms with Gasteiger partial charge in [0.05, 0.1) is 5.56 Å². The van der Waals surface area contributed by atoms with E-state index < -0.39 is 34.7 Å². The molecule has 2 fully saturated rings. The van der Waals surface area contributed by atoms with Gasteiger partial charge in [-0.05, 0) is 37.6 Å². The molecule has 0 saturated carbocycles. The molecule has 8 heteroatoms. The van der Waals surface area contributed by atoms with Crippen LogP contribution in [-0.2, 0) is 4.79 Å². The van der Waals surface area contributed by atoms with E-state index >= 15 is 0 Å². The van der Waals surface area contributed by atoms with Gasteiger partial charge >= 0.3 is 6.03 Å². The second-order valence-corrected chi connectivity index (χ2v) is 7.38. The normalized spacial score (nSPS) is 20.9. The largest absolute Gasteiger partial charge is 0.352 e. The number of nitrogens with one attached hydrogen (secondary N) is 1. The van der Waals surface area contributed by atoms with Gasteiger partial charge in [-0.2, -0.15) is 0 Å². The number of fused-ring (bicyclic) bond motifs is 1. The van der Waals surface area contributed by atoms with Crippen LogP contribution < -0.4 is 10.2 Å². The third kappa shape index (κ3) is 3.26. The van der Waals surface area contributed by atoms with Crippen molar-refractivity contribution in [1.82, 2.24) is 10.2 Å². The SMILES string of the molecule is CC12CCN(c3c(F)cc(C#Cc4ccccc4F)cc3F)C(=O)N1CCNC2=O. The molecule has 1 unspecified atom stereocenters. The molecule has 5 nitrogen and oxygen atoms in total.